The highest BCUT2D eigenvalue weighted by atomic mass is 32.1. The molecule has 1 aromatic carbocycles. The molecule has 2 aliphatic rings. The van der Waals surface area contributed by atoms with Gasteiger partial charge < -0.3 is 14.8 Å². The van der Waals surface area contributed by atoms with E-state index in [-0.39, 0.29) is 12.1 Å². The summed E-state index contributed by atoms with van der Waals surface area (Å²) >= 11 is 5.87. The molecule has 0 radical (unpaired) electrons. The molecule has 30 heavy (non-hydrogen) atoms. The summed E-state index contributed by atoms with van der Waals surface area (Å²) in [5.74, 6) is 0. The van der Waals surface area contributed by atoms with Gasteiger partial charge >= 0.3 is 0 Å². The Morgan fingerprint density at radius 1 is 1.03 bits per heavy atom. The maximum atomic E-state index is 5.87. The first-order valence-corrected chi connectivity index (χ1v) is 11.4. The summed E-state index contributed by atoms with van der Waals surface area (Å²) in [5.41, 5.74) is 4.80. The molecule has 0 bridgehead atoms. The van der Waals surface area contributed by atoms with Gasteiger partial charge in [0, 0.05) is 29.8 Å². The zero-order valence-corrected chi connectivity index (χ0v) is 18.2. The lowest BCUT2D eigenvalue weighted by atomic mass is 10.00. The zero-order valence-electron chi connectivity index (χ0n) is 17.4. The lowest BCUT2D eigenvalue weighted by molar-refractivity contribution is 0.461. The minimum atomic E-state index is 0.0135. The number of hydrogen-bond acceptors (Lipinski definition) is 2. The van der Waals surface area contributed by atoms with Crippen molar-refractivity contribution in [3.63, 3.8) is 0 Å². The highest BCUT2D eigenvalue weighted by molar-refractivity contribution is 7.80. The first kappa shape index (κ1) is 19.3. The van der Waals surface area contributed by atoms with Crippen LogP contribution in [0.1, 0.15) is 67.7 Å². The summed E-state index contributed by atoms with van der Waals surface area (Å²) in [4.78, 5) is 6.97. The minimum absolute atomic E-state index is 0.0135. The molecule has 1 aliphatic carbocycles. The Balaban J connectivity index is 1.60. The molecule has 3 heterocycles. The molecular formula is C25H28N4S. The molecule has 4 nitrogen and oxygen atoms in total. The molecule has 5 heteroatoms. The summed E-state index contributed by atoms with van der Waals surface area (Å²) in [6, 6.07) is 20.0. The average Bonchev–Trinajstić information content (AvgIpc) is 3.53. The number of benzene rings is 1. The van der Waals surface area contributed by atoms with E-state index in [1.807, 2.05) is 12.3 Å². The molecule has 1 saturated heterocycles. The van der Waals surface area contributed by atoms with Crippen LogP contribution in [0.15, 0.2) is 67.0 Å². The Kier molecular flexibility index (Phi) is 5.30. The van der Waals surface area contributed by atoms with E-state index in [0.29, 0.717) is 6.04 Å². The lowest BCUT2D eigenvalue weighted by Gasteiger charge is -2.30. The van der Waals surface area contributed by atoms with Gasteiger partial charge in [0.25, 0.3) is 0 Å². The molecule has 0 spiro atoms. The van der Waals surface area contributed by atoms with Crippen molar-refractivity contribution in [3.05, 3.63) is 83.9 Å². The van der Waals surface area contributed by atoms with Crippen molar-refractivity contribution in [2.75, 3.05) is 4.90 Å². The highest BCUT2D eigenvalue weighted by Gasteiger charge is 2.42. The Labute approximate surface area is 183 Å². The van der Waals surface area contributed by atoms with Crippen LogP contribution in [0.4, 0.5) is 5.69 Å². The predicted octanol–water partition coefficient (Wildman–Crippen LogP) is 5.74. The lowest BCUT2D eigenvalue weighted by Crippen LogP contribution is -2.30. The average molecular weight is 417 g/mol. The summed E-state index contributed by atoms with van der Waals surface area (Å²) in [5, 5.41) is 4.35. The number of aryl methyl sites for hydroxylation is 1. The smallest absolute Gasteiger partial charge is 0.174 e. The second-order valence-electron chi connectivity index (χ2n) is 8.30. The second kappa shape index (κ2) is 8.23. The maximum absolute atomic E-state index is 5.87. The van der Waals surface area contributed by atoms with Crippen molar-refractivity contribution in [1.29, 1.82) is 0 Å². The van der Waals surface area contributed by atoms with Crippen LogP contribution in [0.2, 0.25) is 0 Å². The normalized spacial score (nSPS) is 21.9. The van der Waals surface area contributed by atoms with Gasteiger partial charge in [-0.05, 0) is 73.4 Å². The van der Waals surface area contributed by atoms with Crippen LogP contribution < -0.4 is 10.2 Å². The summed E-state index contributed by atoms with van der Waals surface area (Å²) in [6.45, 7) is 2.19. The van der Waals surface area contributed by atoms with Crippen LogP contribution in [0.3, 0.4) is 0 Å². The van der Waals surface area contributed by atoms with Gasteiger partial charge in [0.15, 0.2) is 5.11 Å². The SMILES string of the molecule is CCc1ccc(N2C(=S)N[C@H](c3ccccn3)[C@@H]2c2cccn2C2CCCC2)cc1. The van der Waals surface area contributed by atoms with Gasteiger partial charge in [-0.2, -0.15) is 0 Å². The van der Waals surface area contributed by atoms with Gasteiger partial charge in [-0.3, -0.25) is 4.98 Å². The zero-order chi connectivity index (χ0) is 20.5. The maximum Gasteiger partial charge on any atom is 0.174 e. The number of nitrogens with one attached hydrogen (secondary N) is 1. The van der Waals surface area contributed by atoms with Crippen molar-refractivity contribution in [3.8, 4) is 0 Å². The summed E-state index contributed by atoms with van der Waals surface area (Å²) < 4.78 is 2.50. The van der Waals surface area contributed by atoms with E-state index in [0.717, 1.165) is 22.9 Å². The topological polar surface area (TPSA) is 33.1 Å². The largest absolute Gasteiger partial charge is 0.351 e. The number of rotatable bonds is 5. The van der Waals surface area contributed by atoms with Crippen LogP contribution in [0.25, 0.3) is 0 Å². The number of pyridine rings is 1. The van der Waals surface area contributed by atoms with Crippen LogP contribution in [0, 0.1) is 0 Å². The molecule has 1 aliphatic heterocycles. The fourth-order valence-corrected chi connectivity index (χ4v) is 5.34. The molecule has 1 N–H and O–H groups in total. The fraction of sp³-hybridized carbons (Fsp3) is 0.360. The first-order valence-electron chi connectivity index (χ1n) is 11.0. The van der Waals surface area contributed by atoms with Crippen molar-refractivity contribution in [2.45, 2.75) is 57.2 Å². The third-order valence-electron chi connectivity index (χ3n) is 6.55. The molecule has 0 amide bonds. The molecule has 3 aromatic rings. The van der Waals surface area contributed by atoms with E-state index < -0.39 is 0 Å². The first-order chi connectivity index (χ1) is 14.8. The van der Waals surface area contributed by atoms with Crippen molar-refractivity contribution < 1.29 is 0 Å². The quantitative estimate of drug-likeness (QED) is 0.538. The van der Waals surface area contributed by atoms with Gasteiger partial charge in [-0.15, -0.1) is 0 Å². The number of anilines is 1. The van der Waals surface area contributed by atoms with E-state index in [1.165, 1.54) is 36.9 Å². The molecular weight excluding hydrogens is 388 g/mol. The number of thiocarbonyl (C=S) groups is 1. The van der Waals surface area contributed by atoms with Crippen molar-refractivity contribution in [1.82, 2.24) is 14.9 Å². The highest BCUT2D eigenvalue weighted by Crippen LogP contribution is 2.43. The third kappa shape index (κ3) is 3.41. The second-order valence-corrected chi connectivity index (χ2v) is 8.68. The molecule has 2 fully saturated rings. The minimum Gasteiger partial charge on any atom is -0.351 e. The Bertz CT molecular complexity index is 1010. The van der Waals surface area contributed by atoms with Crippen LogP contribution >= 0.6 is 12.2 Å². The van der Waals surface area contributed by atoms with E-state index >= 15 is 0 Å². The van der Waals surface area contributed by atoms with Crippen molar-refractivity contribution in [2.24, 2.45) is 0 Å². The van der Waals surface area contributed by atoms with Crippen LogP contribution in [-0.4, -0.2) is 14.7 Å². The van der Waals surface area contributed by atoms with E-state index in [1.54, 1.807) is 0 Å². The van der Waals surface area contributed by atoms with Crippen molar-refractivity contribution >= 4 is 23.0 Å². The third-order valence-corrected chi connectivity index (χ3v) is 6.87. The molecule has 154 valence electrons. The van der Waals surface area contributed by atoms with Crippen LogP contribution in [-0.2, 0) is 6.42 Å². The summed E-state index contributed by atoms with van der Waals surface area (Å²) in [6.07, 6.45) is 10.3. The number of nitrogens with zero attached hydrogens (tertiary/aromatic N) is 3. The van der Waals surface area contributed by atoms with E-state index in [4.69, 9.17) is 12.2 Å². The monoisotopic (exact) mass is 416 g/mol. The molecule has 5 rings (SSSR count). The number of hydrogen-bond donors (Lipinski definition) is 1. The molecule has 1 saturated carbocycles. The molecule has 0 unspecified atom stereocenters. The van der Waals surface area contributed by atoms with Gasteiger partial charge in [0.2, 0.25) is 0 Å². The number of aromatic nitrogens is 2. The Morgan fingerprint density at radius 3 is 2.53 bits per heavy atom. The van der Waals surface area contributed by atoms with Gasteiger partial charge in [0.05, 0.1) is 11.7 Å². The van der Waals surface area contributed by atoms with Gasteiger partial charge in [0.1, 0.15) is 6.04 Å². The van der Waals surface area contributed by atoms with E-state index in [2.05, 4.69) is 81.4 Å². The van der Waals surface area contributed by atoms with Gasteiger partial charge in [-0.1, -0.05) is 38.0 Å². The summed E-state index contributed by atoms with van der Waals surface area (Å²) in [7, 11) is 0. The fourth-order valence-electron chi connectivity index (χ4n) is 5.00. The standard InChI is InChI=1S/C25H28N4S/c1-2-18-12-14-20(15-13-18)29-24(22-11-7-17-28(22)19-8-3-4-9-19)23(27-25(29)30)21-10-5-6-16-26-21/h5-7,10-17,19,23-24H,2-4,8-9H2,1H3,(H,27,30)/t23-,24+/m1/s1. The van der Waals surface area contributed by atoms with Crippen LogP contribution in [0.5, 0.6) is 0 Å². The van der Waals surface area contributed by atoms with E-state index in [9.17, 15) is 0 Å². The molecule has 2 atom stereocenters. The van der Waals surface area contributed by atoms with Gasteiger partial charge in [-0.25, -0.2) is 0 Å². The predicted molar refractivity (Wildman–Crippen MR) is 126 cm³/mol. The Morgan fingerprint density at radius 2 is 1.83 bits per heavy atom. The Hall–Kier alpha value is -2.66. The molecule has 2 aromatic heterocycles.